The van der Waals surface area contributed by atoms with Crippen LogP contribution in [0.15, 0.2) is 18.2 Å². The Morgan fingerprint density at radius 3 is 2.91 bits per heavy atom. The molecule has 6 heteroatoms. The summed E-state index contributed by atoms with van der Waals surface area (Å²) >= 11 is 0. The normalized spacial score (nSPS) is 12.3. The average molecular weight is 326 g/mol. The van der Waals surface area contributed by atoms with Gasteiger partial charge in [0.1, 0.15) is 0 Å². The van der Waals surface area contributed by atoms with Gasteiger partial charge in [-0.25, -0.2) is 0 Å². The molecule has 1 aliphatic rings. The molecular formula is C16H24ClN3O2. The van der Waals surface area contributed by atoms with Crippen LogP contribution < -0.4 is 16.0 Å². The van der Waals surface area contributed by atoms with E-state index >= 15 is 0 Å². The molecule has 122 valence electrons. The Morgan fingerprint density at radius 2 is 2.14 bits per heavy atom. The summed E-state index contributed by atoms with van der Waals surface area (Å²) < 4.78 is 0. The van der Waals surface area contributed by atoms with E-state index in [0.717, 1.165) is 37.2 Å². The van der Waals surface area contributed by atoms with Gasteiger partial charge in [-0.1, -0.05) is 19.1 Å². The lowest BCUT2D eigenvalue weighted by atomic mass is 10.0. The standard InChI is InChI=1S/C16H23N3O2.ClH/c1-2-17-8-9-18-15(20)5-3-4-12-6-7-14-13(10-12)11-16(21)19-14;/h6-7,10,17H,2-5,8-9,11H2,1H3,(H,18,20)(H,19,21);1H. The molecule has 0 saturated carbocycles. The van der Waals surface area contributed by atoms with Crippen LogP contribution >= 0.6 is 12.4 Å². The Bertz CT molecular complexity index is 520. The maximum absolute atomic E-state index is 11.6. The van der Waals surface area contributed by atoms with Crippen molar-refractivity contribution in [3.63, 3.8) is 0 Å². The summed E-state index contributed by atoms with van der Waals surface area (Å²) in [5, 5.41) is 8.88. The van der Waals surface area contributed by atoms with Crippen molar-refractivity contribution in [3.8, 4) is 0 Å². The molecule has 0 fully saturated rings. The van der Waals surface area contributed by atoms with Crippen molar-refractivity contribution >= 4 is 29.9 Å². The molecule has 1 aliphatic heterocycles. The SMILES string of the molecule is CCNCCNC(=O)CCCc1ccc2c(c1)CC(=O)N2.Cl. The molecule has 1 aromatic rings. The number of nitrogens with one attached hydrogen (secondary N) is 3. The fraction of sp³-hybridized carbons (Fsp3) is 0.500. The van der Waals surface area contributed by atoms with Gasteiger partial charge in [0.2, 0.25) is 11.8 Å². The first-order valence-electron chi connectivity index (χ1n) is 7.58. The molecule has 3 N–H and O–H groups in total. The van der Waals surface area contributed by atoms with Crippen LogP contribution in [0, 0.1) is 0 Å². The van der Waals surface area contributed by atoms with E-state index in [1.165, 1.54) is 5.56 Å². The maximum Gasteiger partial charge on any atom is 0.228 e. The lowest BCUT2D eigenvalue weighted by Crippen LogP contribution is -2.31. The lowest BCUT2D eigenvalue weighted by Gasteiger charge is -2.06. The predicted octanol–water partition coefficient (Wildman–Crippen LogP) is 1.65. The second-order valence-corrected chi connectivity index (χ2v) is 5.27. The highest BCUT2D eigenvalue weighted by atomic mass is 35.5. The highest BCUT2D eigenvalue weighted by molar-refractivity contribution is 5.99. The summed E-state index contributed by atoms with van der Waals surface area (Å²) in [6, 6.07) is 6.04. The number of aryl methyl sites for hydroxylation is 1. The number of likely N-dealkylation sites (N-methyl/N-ethyl adjacent to an activating group) is 1. The van der Waals surface area contributed by atoms with E-state index in [2.05, 4.69) is 22.0 Å². The third-order valence-corrected chi connectivity index (χ3v) is 3.54. The Labute approximate surface area is 137 Å². The maximum atomic E-state index is 11.6. The van der Waals surface area contributed by atoms with Crippen molar-refractivity contribution < 1.29 is 9.59 Å². The topological polar surface area (TPSA) is 70.2 Å². The van der Waals surface area contributed by atoms with Crippen molar-refractivity contribution in [1.29, 1.82) is 0 Å². The smallest absolute Gasteiger partial charge is 0.228 e. The van der Waals surface area contributed by atoms with Crippen LogP contribution in [0.2, 0.25) is 0 Å². The second kappa shape index (κ2) is 9.43. The summed E-state index contributed by atoms with van der Waals surface area (Å²) in [5.41, 5.74) is 3.17. The Hall–Kier alpha value is -1.59. The molecule has 0 unspecified atom stereocenters. The number of rotatable bonds is 8. The van der Waals surface area contributed by atoms with Gasteiger partial charge in [-0.2, -0.15) is 0 Å². The molecule has 0 radical (unpaired) electrons. The van der Waals surface area contributed by atoms with E-state index in [-0.39, 0.29) is 24.2 Å². The minimum Gasteiger partial charge on any atom is -0.355 e. The molecule has 0 bridgehead atoms. The third kappa shape index (κ3) is 5.66. The van der Waals surface area contributed by atoms with Gasteiger partial charge in [-0.05, 0) is 36.6 Å². The van der Waals surface area contributed by atoms with E-state index < -0.39 is 0 Å². The second-order valence-electron chi connectivity index (χ2n) is 5.27. The summed E-state index contributed by atoms with van der Waals surface area (Å²) in [7, 11) is 0. The highest BCUT2D eigenvalue weighted by Gasteiger charge is 2.17. The number of anilines is 1. The van der Waals surface area contributed by atoms with Crippen molar-refractivity contribution in [2.24, 2.45) is 0 Å². The first kappa shape index (κ1) is 18.5. The van der Waals surface area contributed by atoms with Gasteiger partial charge in [-0.3, -0.25) is 9.59 Å². The number of fused-ring (bicyclic) bond motifs is 1. The van der Waals surface area contributed by atoms with E-state index in [4.69, 9.17) is 0 Å². The van der Waals surface area contributed by atoms with Crippen molar-refractivity contribution in [1.82, 2.24) is 10.6 Å². The number of carbonyl (C=O) groups excluding carboxylic acids is 2. The number of carbonyl (C=O) groups is 2. The summed E-state index contributed by atoms with van der Waals surface area (Å²) in [6.07, 6.45) is 2.70. The van der Waals surface area contributed by atoms with Crippen LogP contribution in [0.25, 0.3) is 0 Å². The number of hydrogen-bond donors (Lipinski definition) is 3. The van der Waals surface area contributed by atoms with Gasteiger partial charge in [0.05, 0.1) is 6.42 Å². The predicted molar refractivity (Wildman–Crippen MR) is 90.5 cm³/mol. The van der Waals surface area contributed by atoms with Crippen LogP contribution in [0.1, 0.15) is 30.9 Å². The highest BCUT2D eigenvalue weighted by Crippen LogP contribution is 2.24. The number of halogens is 1. The Kier molecular flexibility index (Phi) is 7.91. The van der Waals surface area contributed by atoms with Crippen molar-refractivity contribution in [3.05, 3.63) is 29.3 Å². The zero-order valence-electron chi connectivity index (χ0n) is 12.9. The van der Waals surface area contributed by atoms with E-state index in [0.29, 0.717) is 19.4 Å². The van der Waals surface area contributed by atoms with Crippen LogP contribution in [-0.2, 0) is 22.4 Å². The van der Waals surface area contributed by atoms with Gasteiger partial charge in [0, 0.05) is 25.2 Å². The molecule has 1 aromatic carbocycles. The van der Waals surface area contributed by atoms with E-state index in [9.17, 15) is 9.59 Å². The quantitative estimate of drug-likeness (QED) is 0.637. The van der Waals surface area contributed by atoms with Crippen LogP contribution in [-0.4, -0.2) is 31.4 Å². The molecule has 0 spiro atoms. The summed E-state index contributed by atoms with van der Waals surface area (Å²) in [5.74, 6) is 0.160. The van der Waals surface area contributed by atoms with Gasteiger partial charge in [0.15, 0.2) is 0 Å². The minimum absolute atomic E-state index is 0. The number of hydrogen-bond acceptors (Lipinski definition) is 3. The first-order valence-corrected chi connectivity index (χ1v) is 7.58. The number of benzene rings is 1. The Morgan fingerprint density at radius 1 is 1.32 bits per heavy atom. The molecule has 0 aromatic heterocycles. The molecule has 22 heavy (non-hydrogen) atoms. The summed E-state index contributed by atoms with van der Waals surface area (Å²) in [6.45, 7) is 4.46. The molecule has 0 saturated heterocycles. The van der Waals surface area contributed by atoms with Crippen LogP contribution in [0.5, 0.6) is 0 Å². The monoisotopic (exact) mass is 325 g/mol. The first-order chi connectivity index (χ1) is 10.2. The summed E-state index contributed by atoms with van der Waals surface area (Å²) in [4.78, 5) is 22.9. The molecule has 1 heterocycles. The molecule has 0 atom stereocenters. The molecule has 2 rings (SSSR count). The zero-order chi connectivity index (χ0) is 15.1. The molecule has 2 amide bonds. The minimum atomic E-state index is 0. The Balaban J connectivity index is 0.00000242. The van der Waals surface area contributed by atoms with E-state index in [1.807, 2.05) is 19.1 Å². The zero-order valence-corrected chi connectivity index (χ0v) is 13.7. The number of amides is 2. The largest absolute Gasteiger partial charge is 0.355 e. The van der Waals surface area contributed by atoms with E-state index in [1.54, 1.807) is 0 Å². The lowest BCUT2D eigenvalue weighted by molar-refractivity contribution is -0.121. The van der Waals surface area contributed by atoms with Crippen LogP contribution in [0.3, 0.4) is 0 Å². The van der Waals surface area contributed by atoms with Gasteiger partial charge in [0.25, 0.3) is 0 Å². The van der Waals surface area contributed by atoms with Crippen molar-refractivity contribution in [2.45, 2.75) is 32.6 Å². The van der Waals surface area contributed by atoms with Gasteiger partial charge in [-0.15, -0.1) is 12.4 Å². The fourth-order valence-electron chi connectivity index (χ4n) is 2.45. The van der Waals surface area contributed by atoms with Gasteiger partial charge >= 0.3 is 0 Å². The molecule has 0 aliphatic carbocycles. The van der Waals surface area contributed by atoms with Gasteiger partial charge < -0.3 is 16.0 Å². The fourth-order valence-corrected chi connectivity index (χ4v) is 2.45. The third-order valence-electron chi connectivity index (χ3n) is 3.54. The molecule has 5 nitrogen and oxygen atoms in total. The molecular weight excluding hydrogens is 302 g/mol. The average Bonchev–Trinajstić information content (AvgIpc) is 2.83. The van der Waals surface area contributed by atoms with Crippen LogP contribution in [0.4, 0.5) is 5.69 Å². The van der Waals surface area contributed by atoms with Crippen molar-refractivity contribution in [2.75, 3.05) is 25.0 Å².